The van der Waals surface area contributed by atoms with Crippen molar-refractivity contribution in [2.24, 2.45) is 5.92 Å². The molecule has 2 aliphatic heterocycles. The van der Waals surface area contributed by atoms with Crippen LogP contribution in [0.4, 0.5) is 0 Å². The molecule has 0 aromatic rings. The Labute approximate surface area is 85.3 Å². The van der Waals surface area contributed by atoms with Crippen LogP contribution in [0.15, 0.2) is 0 Å². The van der Waals surface area contributed by atoms with Gasteiger partial charge in [0.1, 0.15) is 0 Å². The molecule has 2 rings (SSSR count). The van der Waals surface area contributed by atoms with Gasteiger partial charge >= 0.3 is 0 Å². The van der Waals surface area contributed by atoms with Gasteiger partial charge in [0, 0.05) is 6.42 Å². The summed E-state index contributed by atoms with van der Waals surface area (Å²) >= 11 is 0. The third kappa shape index (κ3) is 2.06. The fraction of sp³-hybridized carbons (Fsp3) is 0.818. The zero-order valence-corrected chi connectivity index (χ0v) is 8.67. The number of nitrogens with zero attached hydrogens (tertiary/aromatic N) is 1. The van der Waals surface area contributed by atoms with E-state index in [2.05, 4.69) is 16.7 Å². The zero-order valence-electron chi connectivity index (χ0n) is 8.67. The van der Waals surface area contributed by atoms with Crippen molar-refractivity contribution in [3.05, 3.63) is 0 Å². The average molecular weight is 195 g/mol. The Balaban J connectivity index is 1.88. The highest BCUT2D eigenvalue weighted by Gasteiger charge is 2.40. The van der Waals surface area contributed by atoms with Crippen molar-refractivity contribution >= 4 is 12.9 Å². The van der Waals surface area contributed by atoms with Gasteiger partial charge < -0.3 is 10.1 Å². The topological polar surface area (TPSA) is 35.4 Å². The first-order valence-electron chi connectivity index (χ1n) is 5.47. The standard InChI is InChI=1S/C11H19N2O/c1-12-5-2-10-8-11(14-9-10)3-6-13-7-4-11/h5,10,13H,1-4,6-9H2/q+1. The lowest BCUT2D eigenvalue weighted by molar-refractivity contribution is -0.0196. The molecule has 78 valence electrons. The predicted molar refractivity (Wildman–Crippen MR) is 58.8 cm³/mol. The molecule has 14 heavy (non-hydrogen) atoms. The molecule has 0 radical (unpaired) electrons. The van der Waals surface area contributed by atoms with Gasteiger partial charge in [0.15, 0.2) is 0 Å². The van der Waals surface area contributed by atoms with Crippen LogP contribution < -0.4 is 9.98 Å². The molecule has 0 saturated carbocycles. The van der Waals surface area contributed by atoms with E-state index in [1.165, 1.54) is 19.3 Å². The molecule has 2 heterocycles. The first kappa shape index (κ1) is 9.91. The molecule has 1 atom stereocenters. The van der Waals surface area contributed by atoms with Crippen molar-refractivity contribution in [1.29, 1.82) is 0 Å². The van der Waals surface area contributed by atoms with E-state index in [-0.39, 0.29) is 5.60 Å². The molecule has 0 amide bonds. The summed E-state index contributed by atoms with van der Waals surface area (Å²) in [5.74, 6) is 0.665. The lowest BCUT2D eigenvalue weighted by Gasteiger charge is -2.32. The summed E-state index contributed by atoms with van der Waals surface area (Å²) in [6.07, 6.45) is 6.49. The van der Waals surface area contributed by atoms with Crippen LogP contribution in [0.2, 0.25) is 0 Å². The first-order chi connectivity index (χ1) is 6.85. The number of rotatable bonds is 2. The average Bonchev–Trinajstić information content (AvgIpc) is 2.60. The summed E-state index contributed by atoms with van der Waals surface area (Å²) < 4.78 is 9.76. The van der Waals surface area contributed by atoms with Crippen LogP contribution in [0.25, 0.3) is 0 Å². The predicted octanol–water partition coefficient (Wildman–Crippen LogP) is 0.374. The Morgan fingerprint density at radius 1 is 1.50 bits per heavy atom. The van der Waals surface area contributed by atoms with Crippen molar-refractivity contribution < 1.29 is 4.74 Å². The molecule has 1 spiro atoms. The Morgan fingerprint density at radius 2 is 2.29 bits per heavy atom. The van der Waals surface area contributed by atoms with Crippen molar-refractivity contribution in [2.75, 3.05) is 19.7 Å². The second kappa shape index (κ2) is 4.26. The second-order valence-corrected chi connectivity index (χ2v) is 4.42. The molecule has 2 aliphatic rings. The molecular formula is C11H19N2O+. The SMILES string of the molecule is C=[N+]=CCC1COC2(CCNCC2)C1. The van der Waals surface area contributed by atoms with Crippen LogP contribution in [-0.4, -0.2) is 38.2 Å². The summed E-state index contributed by atoms with van der Waals surface area (Å²) in [5.41, 5.74) is 0.199. The maximum Gasteiger partial charge on any atom is 0.268 e. The van der Waals surface area contributed by atoms with E-state index < -0.39 is 0 Å². The molecule has 0 aromatic heterocycles. The second-order valence-electron chi connectivity index (χ2n) is 4.42. The molecule has 3 heteroatoms. The molecule has 0 aliphatic carbocycles. The Morgan fingerprint density at radius 3 is 3.00 bits per heavy atom. The highest BCUT2D eigenvalue weighted by Crippen LogP contribution is 2.37. The molecule has 2 fully saturated rings. The molecular weight excluding hydrogens is 176 g/mol. The summed E-state index contributed by atoms with van der Waals surface area (Å²) in [6.45, 7) is 6.59. The van der Waals surface area contributed by atoms with Crippen LogP contribution in [0.1, 0.15) is 25.7 Å². The quantitative estimate of drug-likeness (QED) is 0.510. The minimum absolute atomic E-state index is 0.199. The summed E-state index contributed by atoms with van der Waals surface area (Å²) in [4.78, 5) is 0. The minimum atomic E-state index is 0.199. The van der Waals surface area contributed by atoms with E-state index in [1.54, 1.807) is 0 Å². The lowest BCUT2D eigenvalue weighted by Crippen LogP contribution is -2.41. The number of hydrogen-bond acceptors (Lipinski definition) is 2. The highest BCUT2D eigenvalue weighted by atomic mass is 16.5. The lowest BCUT2D eigenvalue weighted by atomic mass is 9.85. The minimum Gasteiger partial charge on any atom is -0.375 e. The fourth-order valence-electron chi connectivity index (χ4n) is 2.54. The third-order valence-electron chi connectivity index (χ3n) is 3.37. The number of piperidine rings is 1. The monoisotopic (exact) mass is 195 g/mol. The Kier molecular flexibility index (Phi) is 3.02. The zero-order chi connectivity index (χ0) is 9.86. The molecule has 3 nitrogen and oxygen atoms in total. The summed E-state index contributed by atoms with van der Waals surface area (Å²) in [7, 11) is 0. The molecule has 2 saturated heterocycles. The maximum atomic E-state index is 5.97. The third-order valence-corrected chi connectivity index (χ3v) is 3.37. The van der Waals surface area contributed by atoms with Gasteiger partial charge in [0.2, 0.25) is 0 Å². The normalized spacial score (nSPS) is 30.1. The smallest absolute Gasteiger partial charge is 0.268 e. The molecule has 1 unspecified atom stereocenters. The van der Waals surface area contributed by atoms with Crippen LogP contribution in [0.3, 0.4) is 0 Å². The fourth-order valence-corrected chi connectivity index (χ4v) is 2.54. The number of nitrogens with one attached hydrogen (secondary N) is 1. The van der Waals surface area contributed by atoms with Gasteiger partial charge in [-0.15, -0.1) is 4.67 Å². The Hall–Kier alpha value is -0.630. The van der Waals surface area contributed by atoms with E-state index in [0.29, 0.717) is 5.92 Å². The Bertz CT molecular complexity index is 240. The van der Waals surface area contributed by atoms with Gasteiger partial charge in [-0.3, -0.25) is 0 Å². The van der Waals surface area contributed by atoms with Gasteiger partial charge in [-0.05, 0) is 38.3 Å². The highest BCUT2D eigenvalue weighted by molar-refractivity contribution is 5.58. The van der Waals surface area contributed by atoms with Crippen LogP contribution in [-0.2, 0) is 4.74 Å². The van der Waals surface area contributed by atoms with Crippen molar-refractivity contribution in [1.82, 2.24) is 9.98 Å². The van der Waals surface area contributed by atoms with E-state index in [4.69, 9.17) is 4.74 Å². The van der Waals surface area contributed by atoms with Gasteiger partial charge in [0.25, 0.3) is 12.9 Å². The summed E-state index contributed by atoms with van der Waals surface area (Å²) in [6, 6.07) is 0. The van der Waals surface area contributed by atoms with Crippen LogP contribution in [0.5, 0.6) is 0 Å². The van der Waals surface area contributed by atoms with E-state index in [1.807, 2.05) is 6.21 Å². The van der Waals surface area contributed by atoms with Crippen molar-refractivity contribution in [3.63, 3.8) is 0 Å². The first-order valence-corrected chi connectivity index (χ1v) is 5.47. The van der Waals surface area contributed by atoms with E-state index in [0.717, 1.165) is 26.1 Å². The number of ether oxygens (including phenoxy) is 1. The molecule has 0 bridgehead atoms. The largest absolute Gasteiger partial charge is 0.375 e. The molecule has 0 aromatic carbocycles. The van der Waals surface area contributed by atoms with E-state index in [9.17, 15) is 0 Å². The maximum absolute atomic E-state index is 5.97. The van der Waals surface area contributed by atoms with Crippen molar-refractivity contribution in [3.8, 4) is 0 Å². The van der Waals surface area contributed by atoms with Crippen LogP contribution in [0, 0.1) is 5.92 Å². The van der Waals surface area contributed by atoms with E-state index >= 15 is 0 Å². The van der Waals surface area contributed by atoms with Gasteiger partial charge in [-0.25, -0.2) is 0 Å². The van der Waals surface area contributed by atoms with Crippen LogP contribution >= 0.6 is 0 Å². The van der Waals surface area contributed by atoms with Crippen molar-refractivity contribution in [2.45, 2.75) is 31.3 Å². The van der Waals surface area contributed by atoms with Gasteiger partial charge in [-0.2, -0.15) is 0 Å². The summed E-state index contributed by atoms with van der Waals surface area (Å²) in [5, 5.41) is 3.38. The number of hydrogen-bond donors (Lipinski definition) is 1. The molecule has 1 N–H and O–H groups in total. The van der Waals surface area contributed by atoms with Gasteiger partial charge in [0.05, 0.1) is 12.2 Å². The van der Waals surface area contributed by atoms with Gasteiger partial charge in [-0.1, -0.05) is 0 Å².